The average molecular weight is 512 g/mol. The lowest BCUT2D eigenvalue weighted by Gasteiger charge is -2.28. The lowest BCUT2D eigenvalue weighted by Crippen LogP contribution is -2.56. The van der Waals surface area contributed by atoms with Gasteiger partial charge in [0.2, 0.25) is 23.6 Å². The first-order valence-electron chi connectivity index (χ1n) is 10.9. The lowest BCUT2D eigenvalue weighted by molar-refractivity contribution is -0.165. The number of nitrogens with zero attached hydrogens (tertiary/aromatic N) is 2. The summed E-state index contributed by atoms with van der Waals surface area (Å²) in [7, 11) is 0. The van der Waals surface area contributed by atoms with Gasteiger partial charge in [0.05, 0.1) is 6.33 Å². The Labute approximate surface area is 203 Å². The Morgan fingerprint density at radius 1 is 1.14 bits per heavy atom. The van der Waals surface area contributed by atoms with Gasteiger partial charge < -0.3 is 46.7 Å². The van der Waals surface area contributed by atoms with Crippen LogP contribution < -0.4 is 16.4 Å². The van der Waals surface area contributed by atoms with Crippen molar-refractivity contribution in [1.29, 1.82) is 0 Å². The molecule has 2 fully saturated rings. The van der Waals surface area contributed by atoms with Crippen molar-refractivity contribution in [2.24, 2.45) is 5.73 Å². The van der Waals surface area contributed by atoms with Crippen LogP contribution in [0.25, 0.3) is 0 Å². The molecular weight excluding hydrogens is 484 g/mol. The van der Waals surface area contributed by atoms with Crippen LogP contribution in [0.1, 0.15) is 31.4 Å². The zero-order valence-electron chi connectivity index (χ0n) is 19.0. The van der Waals surface area contributed by atoms with E-state index in [9.17, 15) is 28.8 Å². The second-order valence-corrected chi connectivity index (χ2v) is 8.16. The van der Waals surface area contributed by atoms with Crippen LogP contribution in [0.5, 0.6) is 0 Å². The zero-order chi connectivity index (χ0) is 27.0. The van der Waals surface area contributed by atoms with E-state index in [-0.39, 0.29) is 24.7 Å². The number of carbonyl (C=O) groups excluding carboxylic acids is 4. The molecule has 1 aromatic heterocycles. The van der Waals surface area contributed by atoms with E-state index in [4.69, 9.17) is 26.2 Å². The molecule has 198 valence electrons. The van der Waals surface area contributed by atoms with Crippen molar-refractivity contribution in [1.82, 2.24) is 25.5 Å². The molecule has 1 aromatic rings. The number of H-pyrrole nitrogens is 1. The van der Waals surface area contributed by atoms with Crippen molar-refractivity contribution in [3.05, 3.63) is 18.2 Å². The normalized spacial score (nSPS) is 21.4. The number of nitrogens with one attached hydrogen (secondary N) is 3. The van der Waals surface area contributed by atoms with Gasteiger partial charge in [-0.1, -0.05) is 0 Å². The summed E-state index contributed by atoms with van der Waals surface area (Å²) in [6, 6.07) is -2.18. The molecule has 0 unspecified atom stereocenters. The molecule has 2 aliphatic rings. The number of hydrogen-bond donors (Lipinski definition) is 8. The highest BCUT2D eigenvalue weighted by Gasteiger charge is 2.38. The van der Waals surface area contributed by atoms with E-state index in [2.05, 4.69) is 20.6 Å². The molecule has 16 nitrogen and oxygen atoms in total. The van der Waals surface area contributed by atoms with Gasteiger partial charge in [-0.15, -0.1) is 0 Å². The van der Waals surface area contributed by atoms with Gasteiger partial charge in [-0.2, -0.15) is 0 Å². The summed E-state index contributed by atoms with van der Waals surface area (Å²) in [5.41, 5.74) is 6.07. The SMILES string of the molecule is NC(=O)[C@@H]1CCCN1C(=O)[C@H](Cc1cnc[nH]1)NC(=O)[C@@H]1CCC(=O)N1.O=C(O)[C@@H](O)[C@@H](O)C(=O)O. The van der Waals surface area contributed by atoms with Crippen LogP contribution in [0.4, 0.5) is 0 Å². The standard InChI is InChI=1S/C16H22N6O4.C4H6O6/c17-14(24)12-2-1-5-22(12)16(26)11(6-9-7-18-8-19-9)21-15(25)10-3-4-13(23)20-10;5-1(3(7)8)2(6)4(9)10/h7-8,10-12H,1-6H2,(H2,17,24)(H,18,19)(H,20,23)(H,21,25);1-2,5-6H,(H,7,8)(H,9,10)/t10-,11-,12-;1-,2+/m0./s1. The van der Waals surface area contributed by atoms with E-state index in [1.165, 1.54) is 11.2 Å². The third-order valence-corrected chi connectivity index (χ3v) is 5.57. The van der Waals surface area contributed by atoms with Crippen LogP contribution in [0.2, 0.25) is 0 Å². The first kappa shape index (κ1) is 28.2. The molecule has 2 aliphatic heterocycles. The molecule has 0 spiro atoms. The number of amides is 4. The molecule has 0 aliphatic carbocycles. The van der Waals surface area contributed by atoms with Gasteiger partial charge in [0.1, 0.15) is 18.1 Å². The van der Waals surface area contributed by atoms with Gasteiger partial charge in [0, 0.05) is 31.3 Å². The number of aromatic amines is 1. The average Bonchev–Trinajstić information content (AvgIpc) is 3.59. The van der Waals surface area contributed by atoms with Gasteiger partial charge in [-0.05, 0) is 19.3 Å². The van der Waals surface area contributed by atoms with E-state index in [0.29, 0.717) is 31.5 Å². The smallest absolute Gasteiger partial charge is 0.335 e. The fraction of sp³-hybridized carbons (Fsp3) is 0.550. The predicted octanol–water partition coefficient (Wildman–Crippen LogP) is -3.93. The van der Waals surface area contributed by atoms with Crippen LogP contribution in [0.3, 0.4) is 0 Å². The van der Waals surface area contributed by atoms with Gasteiger partial charge in [0.25, 0.3) is 0 Å². The van der Waals surface area contributed by atoms with E-state index in [0.717, 1.165) is 0 Å². The van der Waals surface area contributed by atoms with Crippen LogP contribution in [-0.2, 0) is 35.2 Å². The van der Waals surface area contributed by atoms with Gasteiger partial charge in [-0.3, -0.25) is 19.2 Å². The first-order valence-corrected chi connectivity index (χ1v) is 10.9. The number of rotatable bonds is 9. The summed E-state index contributed by atoms with van der Waals surface area (Å²) in [5, 5.41) is 37.8. The summed E-state index contributed by atoms with van der Waals surface area (Å²) in [4.78, 5) is 76.2. The minimum absolute atomic E-state index is 0.185. The first-order chi connectivity index (χ1) is 16.9. The maximum absolute atomic E-state index is 13.0. The van der Waals surface area contributed by atoms with Crippen molar-refractivity contribution in [2.75, 3.05) is 6.54 Å². The number of nitrogens with two attached hydrogens (primary N) is 1. The maximum Gasteiger partial charge on any atom is 0.335 e. The monoisotopic (exact) mass is 512 g/mol. The number of carboxylic acid groups (broad SMARTS) is 2. The fourth-order valence-corrected chi connectivity index (χ4v) is 3.70. The van der Waals surface area contributed by atoms with Crippen LogP contribution in [-0.4, -0.2) is 108 Å². The van der Waals surface area contributed by atoms with E-state index >= 15 is 0 Å². The van der Waals surface area contributed by atoms with Crippen LogP contribution in [0.15, 0.2) is 12.5 Å². The Bertz CT molecular complexity index is 966. The Morgan fingerprint density at radius 2 is 1.78 bits per heavy atom. The van der Waals surface area contributed by atoms with Crippen molar-refractivity contribution < 1.29 is 49.2 Å². The molecule has 2 saturated heterocycles. The molecule has 4 amide bonds. The number of carboxylic acids is 2. The molecule has 3 rings (SSSR count). The van der Waals surface area contributed by atoms with Crippen molar-refractivity contribution in [3.8, 4) is 0 Å². The van der Waals surface area contributed by atoms with E-state index < -0.39 is 54.1 Å². The molecule has 3 heterocycles. The molecule has 0 bridgehead atoms. The minimum Gasteiger partial charge on any atom is -0.479 e. The van der Waals surface area contributed by atoms with Crippen molar-refractivity contribution >= 4 is 35.6 Å². The molecule has 16 heteroatoms. The van der Waals surface area contributed by atoms with Crippen molar-refractivity contribution in [2.45, 2.75) is 62.4 Å². The van der Waals surface area contributed by atoms with Crippen LogP contribution in [0, 0.1) is 0 Å². The largest absolute Gasteiger partial charge is 0.479 e. The fourth-order valence-electron chi connectivity index (χ4n) is 3.70. The second kappa shape index (κ2) is 12.6. The number of aliphatic carboxylic acids is 2. The lowest BCUT2D eigenvalue weighted by atomic mass is 10.1. The van der Waals surface area contributed by atoms with Gasteiger partial charge >= 0.3 is 11.9 Å². The summed E-state index contributed by atoms with van der Waals surface area (Å²) in [6.07, 6.45) is 0.601. The second-order valence-electron chi connectivity index (χ2n) is 8.16. The number of imidazole rings is 1. The predicted molar refractivity (Wildman–Crippen MR) is 117 cm³/mol. The third-order valence-electron chi connectivity index (χ3n) is 5.57. The highest BCUT2D eigenvalue weighted by Crippen LogP contribution is 2.19. The third kappa shape index (κ3) is 7.47. The van der Waals surface area contributed by atoms with Crippen LogP contribution >= 0.6 is 0 Å². The van der Waals surface area contributed by atoms with E-state index in [1.54, 1.807) is 6.20 Å². The Morgan fingerprint density at radius 3 is 2.25 bits per heavy atom. The Balaban J connectivity index is 0.000000388. The zero-order valence-corrected chi connectivity index (χ0v) is 19.0. The number of aromatic nitrogens is 2. The minimum atomic E-state index is -2.27. The molecule has 9 N–H and O–H groups in total. The van der Waals surface area contributed by atoms with E-state index in [1.807, 2.05) is 0 Å². The summed E-state index contributed by atoms with van der Waals surface area (Å²) >= 11 is 0. The Hall–Kier alpha value is -4.05. The number of hydrogen-bond acceptors (Lipinski definition) is 9. The number of carbonyl (C=O) groups is 6. The molecule has 0 aromatic carbocycles. The summed E-state index contributed by atoms with van der Waals surface area (Å²) in [5.74, 6) is -5.05. The Kier molecular flexibility index (Phi) is 9.86. The molecule has 36 heavy (non-hydrogen) atoms. The number of aliphatic hydroxyl groups is 2. The maximum atomic E-state index is 13.0. The number of primary amides is 1. The van der Waals surface area contributed by atoms with Crippen molar-refractivity contribution in [3.63, 3.8) is 0 Å². The molecule has 5 atom stereocenters. The topological polar surface area (TPSA) is 265 Å². The number of aliphatic hydroxyl groups excluding tert-OH is 2. The van der Waals surface area contributed by atoms with Gasteiger partial charge in [0.15, 0.2) is 12.2 Å². The summed E-state index contributed by atoms with van der Waals surface area (Å²) < 4.78 is 0. The molecule has 0 saturated carbocycles. The highest BCUT2D eigenvalue weighted by molar-refractivity contribution is 5.95. The number of likely N-dealkylation sites (tertiary alicyclic amines) is 1. The summed E-state index contributed by atoms with van der Waals surface area (Å²) in [6.45, 7) is 0.419. The van der Waals surface area contributed by atoms with Gasteiger partial charge in [-0.25, -0.2) is 14.6 Å². The molecule has 0 radical (unpaired) electrons. The highest BCUT2D eigenvalue weighted by atomic mass is 16.4. The molecular formula is C20H28N6O10. The quantitative estimate of drug-likeness (QED) is 0.158.